The highest BCUT2D eigenvalue weighted by Gasteiger charge is 2.30. The zero-order valence-electron chi connectivity index (χ0n) is 9.45. The predicted octanol–water partition coefficient (Wildman–Crippen LogP) is 1.72. The first kappa shape index (κ1) is 13.1. The molecule has 0 aliphatic rings. The lowest BCUT2D eigenvalue weighted by Gasteiger charge is -2.21. The van der Waals surface area contributed by atoms with Crippen LogP contribution in [0, 0.1) is 5.41 Å². The molecule has 0 spiro atoms. The van der Waals surface area contributed by atoms with E-state index >= 15 is 0 Å². The fourth-order valence-electron chi connectivity index (χ4n) is 1.09. The monoisotopic (exact) mass is 256 g/mol. The fraction of sp³-hybridized carbons (Fsp3) is 0.455. The number of hydrogen-bond donors (Lipinski definition) is 2. The summed E-state index contributed by atoms with van der Waals surface area (Å²) in [5.74, 6) is -0.114. The summed E-state index contributed by atoms with van der Waals surface area (Å²) in [7, 11) is 0. The average molecular weight is 256 g/mol. The maximum Gasteiger partial charge on any atom is 0.232 e. The zero-order chi connectivity index (χ0) is 12.2. The summed E-state index contributed by atoms with van der Waals surface area (Å²) in [6.45, 7) is 4.08. The molecule has 0 saturated carbocycles. The van der Waals surface area contributed by atoms with Gasteiger partial charge in [-0.15, -0.1) is 11.3 Å². The molecule has 1 amide bonds. The van der Waals surface area contributed by atoms with Crippen molar-refractivity contribution in [3.8, 4) is 0 Å². The number of thiophene rings is 1. The Morgan fingerprint density at radius 1 is 1.62 bits per heavy atom. The van der Waals surface area contributed by atoms with Gasteiger partial charge in [0.2, 0.25) is 5.91 Å². The van der Waals surface area contributed by atoms with E-state index in [1.54, 1.807) is 25.2 Å². The van der Waals surface area contributed by atoms with Crippen LogP contribution in [0.5, 0.6) is 0 Å². The van der Waals surface area contributed by atoms with E-state index in [0.717, 1.165) is 6.42 Å². The Labute approximate surface area is 105 Å². The summed E-state index contributed by atoms with van der Waals surface area (Å²) in [6, 6.07) is 4.05. The second-order valence-electron chi connectivity index (χ2n) is 4.07. The smallest absolute Gasteiger partial charge is 0.232 e. The van der Waals surface area contributed by atoms with Gasteiger partial charge in [0.1, 0.15) is 0 Å². The normalized spacial score (nSPS) is 11.1. The van der Waals surface area contributed by atoms with Crippen LogP contribution in [0.15, 0.2) is 17.5 Å². The number of nitrogens with one attached hydrogen (secondary N) is 1. The number of amides is 1. The molecular weight excluding hydrogens is 240 g/mol. The van der Waals surface area contributed by atoms with Crippen molar-refractivity contribution in [1.82, 2.24) is 5.32 Å². The highest BCUT2D eigenvalue weighted by Crippen LogP contribution is 2.15. The summed E-state index contributed by atoms with van der Waals surface area (Å²) < 4.78 is 0. The van der Waals surface area contributed by atoms with Crippen LogP contribution in [0.1, 0.15) is 18.7 Å². The lowest BCUT2D eigenvalue weighted by molar-refractivity contribution is -0.126. The number of nitrogens with two attached hydrogens (primary N) is 1. The number of carbonyl (C=O) groups is 1. The third kappa shape index (κ3) is 3.28. The van der Waals surface area contributed by atoms with Crippen molar-refractivity contribution in [2.24, 2.45) is 11.1 Å². The third-order valence-electron chi connectivity index (χ3n) is 2.42. The molecule has 16 heavy (non-hydrogen) atoms. The minimum atomic E-state index is -0.773. The predicted molar refractivity (Wildman–Crippen MR) is 71.6 cm³/mol. The number of rotatable bonds is 5. The molecule has 0 aliphatic carbocycles. The van der Waals surface area contributed by atoms with Gasteiger partial charge in [-0.05, 0) is 31.7 Å². The van der Waals surface area contributed by atoms with Crippen molar-refractivity contribution in [1.29, 1.82) is 0 Å². The van der Waals surface area contributed by atoms with Crippen LogP contribution in [0.4, 0.5) is 0 Å². The first-order valence-corrected chi connectivity index (χ1v) is 6.34. The van der Waals surface area contributed by atoms with Gasteiger partial charge in [0.25, 0.3) is 0 Å². The molecule has 3 nitrogen and oxygen atoms in total. The Hall–Kier alpha value is -0.940. The van der Waals surface area contributed by atoms with Crippen LogP contribution in [-0.2, 0) is 11.2 Å². The van der Waals surface area contributed by atoms with Crippen LogP contribution >= 0.6 is 23.6 Å². The fourth-order valence-corrected chi connectivity index (χ4v) is 1.89. The van der Waals surface area contributed by atoms with Crippen LogP contribution in [0.2, 0.25) is 0 Å². The third-order valence-corrected chi connectivity index (χ3v) is 3.87. The van der Waals surface area contributed by atoms with Crippen molar-refractivity contribution in [3.63, 3.8) is 0 Å². The Balaban J connectivity index is 2.39. The van der Waals surface area contributed by atoms with Crippen molar-refractivity contribution in [2.45, 2.75) is 20.3 Å². The van der Waals surface area contributed by atoms with Gasteiger partial charge >= 0.3 is 0 Å². The van der Waals surface area contributed by atoms with Crippen molar-refractivity contribution >= 4 is 34.5 Å². The summed E-state index contributed by atoms with van der Waals surface area (Å²) in [6.07, 6.45) is 0.844. The molecule has 1 heterocycles. The van der Waals surface area contributed by atoms with Crippen LogP contribution in [0.3, 0.4) is 0 Å². The molecule has 0 fully saturated rings. The number of carbonyl (C=O) groups excluding carboxylic acids is 1. The largest absolute Gasteiger partial charge is 0.392 e. The van der Waals surface area contributed by atoms with Crippen molar-refractivity contribution in [3.05, 3.63) is 22.4 Å². The minimum Gasteiger partial charge on any atom is -0.392 e. The molecule has 88 valence electrons. The maximum absolute atomic E-state index is 11.8. The van der Waals surface area contributed by atoms with E-state index in [0.29, 0.717) is 6.54 Å². The first-order chi connectivity index (χ1) is 7.44. The standard InChI is InChI=1S/C11H16N2OS2/c1-11(2,9(12)15)10(14)13-6-5-8-4-3-7-16-8/h3-4,7H,5-6H2,1-2H3,(H2,12,15)(H,13,14). The summed E-state index contributed by atoms with van der Waals surface area (Å²) >= 11 is 6.54. The van der Waals surface area contributed by atoms with E-state index in [2.05, 4.69) is 11.4 Å². The summed E-state index contributed by atoms with van der Waals surface area (Å²) in [5.41, 5.74) is 4.74. The van der Waals surface area contributed by atoms with E-state index in [1.807, 2.05) is 11.4 Å². The molecular formula is C11H16N2OS2. The van der Waals surface area contributed by atoms with Gasteiger partial charge in [0.15, 0.2) is 0 Å². The lowest BCUT2D eigenvalue weighted by atomic mass is 9.92. The number of thiocarbonyl (C=S) groups is 1. The molecule has 5 heteroatoms. The van der Waals surface area contributed by atoms with Gasteiger partial charge in [-0.25, -0.2) is 0 Å². The van der Waals surface area contributed by atoms with Crippen LogP contribution in [-0.4, -0.2) is 17.4 Å². The molecule has 1 rings (SSSR count). The van der Waals surface area contributed by atoms with Gasteiger partial charge in [-0.3, -0.25) is 4.79 Å². The molecule has 0 radical (unpaired) electrons. The Morgan fingerprint density at radius 3 is 2.81 bits per heavy atom. The minimum absolute atomic E-state index is 0.114. The zero-order valence-corrected chi connectivity index (χ0v) is 11.1. The molecule has 0 atom stereocenters. The SMILES string of the molecule is CC(C)(C(=O)NCCc1cccs1)C(N)=S. The van der Waals surface area contributed by atoms with Gasteiger partial charge in [-0.2, -0.15) is 0 Å². The van der Waals surface area contributed by atoms with Gasteiger partial charge in [-0.1, -0.05) is 18.3 Å². The second-order valence-corrected chi connectivity index (χ2v) is 5.55. The van der Waals surface area contributed by atoms with E-state index < -0.39 is 5.41 Å². The average Bonchev–Trinajstić information content (AvgIpc) is 2.70. The van der Waals surface area contributed by atoms with Crippen molar-refractivity contribution < 1.29 is 4.79 Å². The molecule has 3 N–H and O–H groups in total. The van der Waals surface area contributed by atoms with Gasteiger partial charge in [0.05, 0.1) is 10.4 Å². The van der Waals surface area contributed by atoms with Crippen LogP contribution < -0.4 is 11.1 Å². The Bertz CT molecular complexity index is 371. The molecule has 1 aromatic heterocycles. The molecule has 0 bridgehead atoms. The molecule has 0 unspecified atom stereocenters. The molecule has 1 aromatic rings. The highest BCUT2D eigenvalue weighted by molar-refractivity contribution is 7.80. The first-order valence-electron chi connectivity index (χ1n) is 5.05. The maximum atomic E-state index is 11.8. The summed E-state index contributed by atoms with van der Waals surface area (Å²) in [5, 5.41) is 4.87. The van der Waals surface area contributed by atoms with E-state index in [9.17, 15) is 4.79 Å². The van der Waals surface area contributed by atoms with E-state index in [4.69, 9.17) is 18.0 Å². The van der Waals surface area contributed by atoms with Gasteiger partial charge in [0, 0.05) is 11.4 Å². The quantitative estimate of drug-likeness (QED) is 0.789. The highest BCUT2D eigenvalue weighted by atomic mass is 32.1. The second kappa shape index (κ2) is 5.41. The Kier molecular flexibility index (Phi) is 4.44. The van der Waals surface area contributed by atoms with Crippen molar-refractivity contribution in [2.75, 3.05) is 6.54 Å². The molecule has 0 aliphatic heterocycles. The number of hydrogen-bond acceptors (Lipinski definition) is 3. The Morgan fingerprint density at radius 2 is 2.31 bits per heavy atom. The van der Waals surface area contributed by atoms with E-state index in [1.165, 1.54) is 4.88 Å². The van der Waals surface area contributed by atoms with Gasteiger partial charge < -0.3 is 11.1 Å². The molecule has 0 aromatic carbocycles. The topological polar surface area (TPSA) is 55.1 Å². The molecule has 0 saturated heterocycles. The lowest BCUT2D eigenvalue weighted by Crippen LogP contribution is -2.45. The van der Waals surface area contributed by atoms with Crippen LogP contribution in [0.25, 0.3) is 0 Å². The summed E-state index contributed by atoms with van der Waals surface area (Å²) in [4.78, 5) is 13.2. The van der Waals surface area contributed by atoms with E-state index in [-0.39, 0.29) is 10.9 Å².